The van der Waals surface area contributed by atoms with Crippen molar-refractivity contribution < 1.29 is 0 Å². The van der Waals surface area contributed by atoms with Crippen LogP contribution in [0.5, 0.6) is 0 Å². The third-order valence-electron chi connectivity index (χ3n) is 2.80. The summed E-state index contributed by atoms with van der Waals surface area (Å²) in [5.74, 6) is 1.50. The molecular formula is C14H18N4. The first-order valence-electron chi connectivity index (χ1n) is 5.93. The van der Waals surface area contributed by atoms with Crippen LogP contribution in [0.4, 0.5) is 17.5 Å². The molecule has 1 aromatic carbocycles. The molecule has 4 heteroatoms. The van der Waals surface area contributed by atoms with Gasteiger partial charge in [0.25, 0.3) is 0 Å². The minimum Gasteiger partial charge on any atom is -0.357 e. The molecule has 2 aromatic rings. The monoisotopic (exact) mass is 242 g/mol. The van der Waals surface area contributed by atoms with Crippen molar-refractivity contribution in [3.8, 4) is 0 Å². The van der Waals surface area contributed by atoms with Gasteiger partial charge >= 0.3 is 0 Å². The van der Waals surface area contributed by atoms with Crippen molar-refractivity contribution in [2.45, 2.75) is 13.8 Å². The van der Waals surface area contributed by atoms with Crippen molar-refractivity contribution >= 4 is 17.5 Å². The Morgan fingerprint density at radius 3 is 2.39 bits per heavy atom. The zero-order valence-corrected chi connectivity index (χ0v) is 11.2. The lowest BCUT2D eigenvalue weighted by Gasteiger charge is -2.19. The molecule has 0 fully saturated rings. The normalized spacial score (nSPS) is 10.2. The molecule has 1 heterocycles. The Bertz CT molecular complexity index is 531. The van der Waals surface area contributed by atoms with Crippen molar-refractivity contribution in [2.75, 3.05) is 24.3 Å². The Kier molecular flexibility index (Phi) is 3.46. The molecule has 2 rings (SSSR count). The smallest absolute Gasteiger partial charge is 0.224 e. The molecule has 0 aliphatic carbocycles. The lowest BCUT2D eigenvalue weighted by atomic mass is 10.1. The fraction of sp³-hybridized carbons (Fsp3) is 0.286. The summed E-state index contributed by atoms with van der Waals surface area (Å²) in [4.78, 5) is 10.6. The van der Waals surface area contributed by atoms with Crippen LogP contribution in [0.3, 0.4) is 0 Å². The standard InChI is InChI=1S/C14H18N4/c1-10-7-11(2)9-12(8-10)18(4)13-5-6-16-14(15-3)17-13/h5-9H,1-4H3,(H,15,16,17). The average molecular weight is 242 g/mol. The van der Waals surface area contributed by atoms with Gasteiger partial charge in [0.2, 0.25) is 5.95 Å². The van der Waals surface area contributed by atoms with E-state index < -0.39 is 0 Å². The van der Waals surface area contributed by atoms with E-state index in [0.29, 0.717) is 5.95 Å². The van der Waals surface area contributed by atoms with Crippen molar-refractivity contribution in [2.24, 2.45) is 0 Å². The molecule has 18 heavy (non-hydrogen) atoms. The third-order valence-corrected chi connectivity index (χ3v) is 2.80. The number of nitrogens with zero attached hydrogens (tertiary/aromatic N) is 3. The molecular weight excluding hydrogens is 224 g/mol. The Morgan fingerprint density at radius 2 is 1.78 bits per heavy atom. The highest BCUT2D eigenvalue weighted by molar-refractivity contribution is 5.61. The van der Waals surface area contributed by atoms with E-state index in [1.807, 2.05) is 20.2 Å². The molecule has 0 saturated heterocycles. The van der Waals surface area contributed by atoms with Gasteiger partial charge in [-0.25, -0.2) is 4.98 Å². The van der Waals surface area contributed by atoms with Crippen LogP contribution in [0.15, 0.2) is 30.5 Å². The highest BCUT2D eigenvalue weighted by Gasteiger charge is 2.07. The molecule has 0 atom stereocenters. The van der Waals surface area contributed by atoms with Gasteiger partial charge in [-0.05, 0) is 43.2 Å². The van der Waals surface area contributed by atoms with Crippen LogP contribution >= 0.6 is 0 Å². The molecule has 0 unspecified atom stereocenters. The largest absolute Gasteiger partial charge is 0.357 e. The second-order valence-electron chi connectivity index (χ2n) is 4.39. The van der Waals surface area contributed by atoms with Gasteiger partial charge in [0.15, 0.2) is 0 Å². The number of anilines is 3. The highest BCUT2D eigenvalue weighted by Crippen LogP contribution is 2.24. The fourth-order valence-electron chi connectivity index (χ4n) is 1.93. The Morgan fingerprint density at radius 1 is 1.11 bits per heavy atom. The minimum absolute atomic E-state index is 0.628. The summed E-state index contributed by atoms with van der Waals surface area (Å²) in [5.41, 5.74) is 3.63. The van der Waals surface area contributed by atoms with Crippen molar-refractivity contribution in [3.05, 3.63) is 41.6 Å². The lowest BCUT2D eigenvalue weighted by molar-refractivity contribution is 1.07. The molecule has 0 amide bonds. The van der Waals surface area contributed by atoms with E-state index in [4.69, 9.17) is 0 Å². The summed E-state index contributed by atoms with van der Waals surface area (Å²) in [7, 11) is 3.83. The van der Waals surface area contributed by atoms with Crippen molar-refractivity contribution in [1.29, 1.82) is 0 Å². The van der Waals surface area contributed by atoms with Gasteiger partial charge in [0, 0.05) is 26.0 Å². The first kappa shape index (κ1) is 12.4. The van der Waals surface area contributed by atoms with Crippen LogP contribution in [0, 0.1) is 13.8 Å². The maximum atomic E-state index is 4.43. The number of rotatable bonds is 3. The highest BCUT2D eigenvalue weighted by atomic mass is 15.2. The van der Waals surface area contributed by atoms with Gasteiger partial charge in [0.05, 0.1) is 0 Å². The summed E-state index contributed by atoms with van der Waals surface area (Å²) in [6, 6.07) is 8.36. The van der Waals surface area contributed by atoms with Crippen LogP contribution in [0.25, 0.3) is 0 Å². The van der Waals surface area contributed by atoms with Gasteiger partial charge in [-0.15, -0.1) is 0 Å². The van der Waals surface area contributed by atoms with E-state index >= 15 is 0 Å². The molecule has 0 aliphatic rings. The van der Waals surface area contributed by atoms with E-state index in [0.717, 1.165) is 11.5 Å². The van der Waals surface area contributed by atoms with Gasteiger partial charge in [-0.1, -0.05) is 6.07 Å². The molecule has 4 nitrogen and oxygen atoms in total. The number of aromatic nitrogens is 2. The van der Waals surface area contributed by atoms with E-state index in [1.54, 1.807) is 6.20 Å². The average Bonchev–Trinajstić information content (AvgIpc) is 2.37. The minimum atomic E-state index is 0.628. The molecule has 0 bridgehead atoms. The molecule has 0 aliphatic heterocycles. The third kappa shape index (κ3) is 2.59. The molecule has 94 valence electrons. The summed E-state index contributed by atoms with van der Waals surface area (Å²) in [6.07, 6.45) is 1.76. The van der Waals surface area contributed by atoms with Crippen molar-refractivity contribution in [1.82, 2.24) is 9.97 Å². The second kappa shape index (κ2) is 5.04. The van der Waals surface area contributed by atoms with Gasteiger partial charge < -0.3 is 10.2 Å². The predicted octanol–water partition coefficient (Wildman–Crippen LogP) is 2.90. The van der Waals surface area contributed by atoms with E-state index in [-0.39, 0.29) is 0 Å². The fourth-order valence-corrected chi connectivity index (χ4v) is 1.93. The molecule has 0 spiro atoms. The Hall–Kier alpha value is -2.10. The predicted molar refractivity (Wildman–Crippen MR) is 75.6 cm³/mol. The Labute approximate surface area is 108 Å². The number of hydrogen-bond donors (Lipinski definition) is 1. The van der Waals surface area contributed by atoms with E-state index in [2.05, 4.69) is 52.2 Å². The molecule has 1 N–H and O–H groups in total. The maximum absolute atomic E-state index is 4.43. The van der Waals surface area contributed by atoms with Gasteiger partial charge in [-0.2, -0.15) is 4.98 Å². The van der Waals surface area contributed by atoms with Crippen LogP contribution in [-0.2, 0) is 0 Å². The first-order chi connectivity index (χ1) is 8.60. The first-order valence-corrected chi connectivity index (χ1v) is 5.93. The second-order valence-corrected chi connectivity index (χ2v) is 4.39. The number of benzene rings is 1. The van der Waals surface area contributed by atoms with Crippen molar-refractivity contribution in [3.63, 3.8) is 0 Å². The van der Waals surface area contributed by atoms with Gasteiger partial charge in [-0.3, -0.25) is 0 Å². The quantitative estimate of drug-likeness (QED) is 0.898. The SMILES string of the molecule is CNc1nccc(N(C)c2cc(C)cc(C)c2)n1. The van der Waals surface area contributed by atoms with Crippen LogP contribution < -0.4 is 10.2 Å². The maximum Gasteiger partial charge on any atom is 0.224 e. The summed E-state index contributed by atoms with van der Waals surface area (Å²) in [5, 5.41) is 2.95. The van der Waals surface area contributed by atoms with E-state index in [1.165, 1.54) is 11.1 Å². The van der Waals surface area contributed by atoms with Crippen LogP contribution in [0.2, 0.25) is 0 Å². The zero-order valence-electron chi connectivity index (χ0n) is 11.2. The van der Waals surface area contributed by atoms with E-state index in [9.17, 15) is 0 Å². The zero-order chi connectivity index (χ0) is 13.1. The molecule has 0 radical (unpaired) electrons. The van der Waals surface area contributed by atoms with Gasteiger partial charge in [0.1, 0.15) is 5.82 Å². The summed E-state index contributed by atoms with van der Waals surface area (Å²) >= 11 is 0. The summed E-state index contributed by atoms with van der Waals surface area (Å²) < 4.78 is 0. The lowest BCUT2D eigenvalue weighted by Crippen LogP contribution is -2.12. The number of aryl methyl sites for hydroxylation is 2. The topological polar surface area (TPSA) is 41.1 Å². The van der Waals surface area contributed by atoms with Crippen LogP contribution in [-0.4, -0.2) is 24.1 Å². The molecule has 0 saturated carbocycles. The molecule has 1 aromatic heterocycles. The summed E-state index contributed by atoms with van der Waals surface area (Å²) in [6.45, 7) is 4.20. The van der Waals surface area contributed by atoms with Crippen LogP contribution in [0.1, 0.15) is 11.1 Å². The Balaban J connectivity index is 2.37. The number of hydrogen-bond acceptors (Lipinski definition) is 4. The number of nitrogens with one attached hydrogen (secondary N) is 1.